The van der Waals surface area contributed by atoms with Crippen molar-refractivity contribution in [3.8, 4) is 10.6 Å². The third kappa shape index (κ3) is 4.60. The van der Waals surface area contributed by atoms with E-state index < -0.39 is 22.0 Å². The summed E-state index contributed by atoms with van der Waals surface area (Å²) >= 11 is 1.06. The third-order valence-corrected chi connectivity index (χ3v) is 6.14. The highest BCUT2D eigenvalue weighted by Gasteiger charge is 2.27. The van der Waals surface area contributed by atoms with Gasteiger partial charge in [0.05, 0.1) is 10.6 Å². The Hall–Kier alpha value is -1.77. The van der Waals surface area contributed by atoms with Gasteiger partial charge in [-0.1, -0.05) is 19.9 Å². The Morgan fingerprint density at radius 2 is 2.04 bits per heavy atom. The first-order valence-electron chi connectivity index (χ1n) is 7.06. The Kier molecular flexibility index (Phi) is 5.51. The number of nitrogens with one attached hydrogen (secondary N) is 1. The molecular weight excluding hydrogens is 336 g/mol. The van der Waals surface area contributed by atoms with Crippen molar-refractivity contribution >= 4 is 27.3 Å². The van der Waals surface area contributed by atoms with Gasteiger partial charge in [-0.05, 0) is 36.6 Å². The van der Waals surface area contributed by atoms with Crippen molar-refractivity contribution in [3.63, 3.8) is 0 Å². The molecule has 0 fully saturated rings. The molecule has 2 N–H and O–H groups in total. The molecule has 23 heavy (non-hydrogen) atoms. The highest BCUT2D eigenvalue weighted by atomic mass is 32.2. The fourth-order valence-electron chi connectivity index (χ4n) is 2.03. The van der Waals surface area contributed by atoms with Crippen LogP contribution in [0.3, 0.4) is 0 Å². The van der Waals surface area contributed by atoms with E-state index in [0.717, 1.165) is 11.3 Å². The summed E-state index contributed by atoms with van der Waals surface area (Å²) in [6.07, 6.45) is 1.86. The van der Waals surface area contributed by atoms with Gasteiger partial charge in [-0.3, -0.25) is 9.78 Å². The van der Waals surface area contributed by atoms with Gasteiger partial charge in [-0.15, -0.1) is 11.3 Å². The molecule has 6 nitrogen and oxygen atoms in total. The van der Waals surface area contributed by atoms with E-state index in [9.17, 15) is 18.3 Å². The van der Waals surface area contributed by atoms with E-state index in [1.54, 1.807) is 24.4 Å². The Morgan fingerprint density at radius 1 is 1.30 bits per heavy atom. The molecule has 0 bridgehead atoms. The summed E-state index contributed by atoms with van der Waals surface area (Å²) in [5.74, 6) is -1.12. The van der Waals surface area contributed by atoms with Crippen molar-refractivity contribution in [3.05, 3.63) is 36.5 Å². The van der Waals surface area contributed by atoms with Crippen LogP contribution in [0, 0.1) is 5.92 Å². The summed E-state index contributed by atoms with van der Waals surface area (Å²) in [4.78, 5) is 16.1. The predicted octanol–water partition coefficient (Wildman–Crippen LogP) is 2.59. The van der Waals surface area contributed by atoms with Crippen LogP contribution in [0.25, 0.3) is 10.6 Å². The summed E-state index contributed by atoms with van der Waals surface area (Å²) in [5, 5.41) is 9.18. The summed E-state index contributed by atoms with van der Waals surface area (Å²) in [7, 11) is -3.88. The molecule has 0 aliphatic carbocycles. The van der Waals surface area contributed by atoms with Gasteiger partial charge in [-0.2, -0.15) is 4.72 Å². The highest BCUT2D eigenvalue weighted by Crippen LogP contribution is 2.29. The number of thiophene rings is 1. The Balaban J connectivity index is 2.23. The van der Waals surface area contributed by atoms with Gasteiger partial charge in [0.25, 0.3) is 10.0 Å². The fourth-order valence-corrected chi connectivity index (χ4v) is 4.53. The minimum atomic E-state index is -3.88. The summed E-state index contributed by atoms with van der Waals surface area (Å²) in [5.41, 5.74) is 0.677. The molecule has 0 aliphatic rings. The van der Waals surface area contributed by atoms with E-state index in [2.05, 4.69) is 9.71 Å². The predicted molar refractivity (Wildman–Crippen MR) is 88.8 cm³/mol. The number of pyridine rings is 1. The summed E-state index contributed by atoms with van der Waals surface area (Å²) in [6.45, 7) is 3.68. The van der Waals surface area contributed by atoms with E-state index in [4.69, 9.17) is 0 Å². The molecule has 0 saturated carbocycles. The van der Waals surface area contributed by atoms with Crippen LogP contribution >= 0.6 is 11.3 Å². The molecule has 2 rings (SSSR count). The molecule has 0 aliphatic heterocycles. The third-order valence-electron chi connectivity index (χ3n) is 3.07. The molecule has 8 heteroatoms. The Labute approximate surface area is 139 Å². The highest BCUT2D eigenvalue weighted by molar-refractivity contribution is 7.91. The number of aliphatic carboxylic acids is 1. The van der Waals surface area contributed by atoms with Crippen LogP contribution < -0.4 is 4.72 Å². The van der Waals surface area contributed by atoms with Crippen LogP contribution in [0.1, 0.15) is 20.3 Å². The van der Waals surface area contributed by atoms with Crippen molar-refractivity contribution in [1.29, 1.82) is 0 Å². The number of rotatable bonds is 7. The summed E-state index contributed by atoms with van der Waals surface area (Å²) < 4.78 is 27.1. The lowest BCUT2D eigenvalue weighted by atomic mass is 10.1. The van der Waals surface area contributed by atoms with Crippen LogP contribution in [0.5, 0.6) is 0 Å². The maximum Gasteiger partial charge on any atom is 0.321 e. The number of carboxylic acid groups (broad SMARTS) is 1. The van der Waals surface area contributed by atoms with Gasteiger partial charge in [0, 0.05) is 6.20 Å². The molecule has 1 atom stereocenters. The molecule has 0 spiro atoms. The number of hydrogen-bond acceptors (Lipinski definition) is 5. The molecule has 0 radical (unpaired) electrons. The minimum absolute atomic E-state index is 0.0613. The van der Waals surface area contributed by atoms with E-state index >= 15 is 0 Å². The number of carbonyl (C=O) groups is 1. The van der Waals surface area contributed by atoms with Gasteiger partial charge in [-0.25, -0.2) is 8.42 Å². The lowest BCUT2D eigenvalue weighted by Crippen LogP contribution is -2.41. The second kappa shape index (κ2) is 7.20. The van der Waals surface area contributed by atoms with E-state index in [-0.39, 0.29) is 16.5 Å². The largest absolute Gasteiger partial charge is 0.480 e. The van der Waals surface area contributed by atoms with Crippen LogP contribution in [0.2, 0.25) is 0 Å². The van der Waals surface area contributed by atoms with Crippen molar-refractivity contribution in [2.45, 2.75) is 30.5 Å². The number of hydrogen-bond donors (Lipinski definition) is 2. The van der Waals surface area contributed by atoms with Gasteiger partial charge in [0.1, 0.15) is 10.3 Å². The number of aromatic nitrogens is 1. The van der Waals surface area contributed by atoms with Crippen LogP contribution in [-0.2, 0) is 14.8 Å². The average molecular weight is 354 g/mol. The van der Waals surface area contributed by atoms with Crippen molar-refractivity contribution in [2.24, 2.45) is 5.92 Å². The number of nitrogens with zero attached hydrogens (tertiary/aromatic N) is 1. The van der Waals surface area contributed by atoms with Gasteiger partial charge < -0.3 is 5.11 Å². The van der Waals surface area contributed by atoms with E-state index in [1.807, 2.05) is 19.9 Å². The van der Waals surface area contributed by atoms with E-state index in [0.29, 0.717) is 10.6 Å². The molecule has 2 heterocycles. The maximum absolute atomic E-state index is 12.4. The lowest BCUT2D eigenvalue weighted by Gasteiger charge is -2.15. The van der Waals surface area contributed by atoms with Gasteiger partial charge >= 0.3 is 5.97 Å². The fraction of sp³-hybridized carbons (Fsp3) is 0.333. The lowest BCUT2D eigenvalue weighted by molar-refractivity contribution is -0.139. The quantitative estimate of drug-likeness (QED) is 0.797. The van der Waals surface area contributed by atoms with Gasteiger partial charge in [0.15, 0.2) is 0 Å². The van der Waals surface area contributed by atoms with Crippen molar-refractivity contribution < 1.29 is 18.3 Å². The summed E-state index contributed by atoms with van der Waals surface area (Å²) in [6, 6.07) is 7.37. The maximum atomic E-state index is 12.4. The van der Waals surface area contributed by atoms with E-state index in [1.165, 1.54) is 6.07 Å². The molecule has 0 unspecified atom stereocenters. The van der Waals surface area contributed by atoms with Crippen LogP contribution in [0.4, 0.5) is 0 Å². The Morgan fingerprint density at radius 3 is 2.61 bits per heavy atom. The minimum Gasteiger partial charge on any atom is -0.480 e. The van der Waals surface area contributed by atoms with Crippen LogP contribution in [-0.4, -0.2) is 30.5 Å². The monoisotopic (exact) mass is 354 g/mol. The first-order valence-corrected chi connectivity index (χ1v) is 9.36. The zero-order valence-corrected chi connectivity index (χ0v) is 14.4. The Bertz CT molecular complexity index is 770. The molecule has 0 aromatic carbocycles. The van der Waals surface area contributed by atoms with Gasteiger partial charge in [0.2, 0.25) is 0 Å². The zero-order valence-electron chi connectivity index (χ0n) is 12.8. The molecule has 2 aromatic heterocycles. The number of sulfonamides is 1. The zero-order chi connectivity index (χ0) is 17.0. The topological polar surface area (TPSA) is 96.4 Å². The average Bonchev–Trinajstić information content (AvgIpc) is 2.97. The smallest absolute Gasteiger partial charge is 0.321 e. The first-order chi connectivity index (χ1) is 10.8. The normalized spacial score (nSPS) is 13.2. The molecule has 0 amide bonds. The van der Waals surface area contributed by atoms with Crippen LogP contribution in [0.15, 0.2) is 40.7 Å². The standard InChI is InChI=1S/C15H18N2O4S2/c1-10(2)9-12(15(18)19)17-23(20,21)14-7-6-13(22-14)11-5-3-4-8-16-11/h3-8,10,12,17H,9H2,1-2H3,(H,18,19)/t12-/m1/s1. The second-order valence-electron chi connectivity index (χ2n) is 5.48. The van der Waals surface area contributed by atoms with Crippen molar-refractivity contribution in [2.75, 3.05) is 0 Å². The number of carboxylic acids is 1. The SMILES string of the molecule is CC(C)C[C@@H](NS(=O)(=O)c1ccc(-c2ccccn2)s1)C(=O)O. The first kappa shape index (κ1) is 17.6. The molecular formula is C15H18N2O4S2. The second-order valence-corrected chi connectivity index (χ2v) is 8.50. The molecule has 124 valence electrons. The molecule has 0 saturated heterocycles. The van der Waals surface area contributed by atoms with Crippen molar-refractivity contribution in [1.82, 2.24) is 9.71 Å². The molecule has 2 aromatic rings.